The predicted octanol–water partition coefficient (Wildman–Crippen LogP) is 3.70. The highest BCUT2D eigenvalue weighted by molar-refractivity contribution is 6.20. The van der Waals surface area contributed by atoms with Crippen molar-refractivity contribution >= 4 is 11.6 Å². The van der Waals surface area contributed by atoms with Crippen molar-refractivity contribution in [3.63, 3.8) is 0 Å². The molecule has 1 rings (SSSR count). The molecule has 3 heteroatoms. The van der Waals surface area contributed by atoms with E-state index in [9.17, 15) is 8.78 Å². The van der Waals surface area contributed by atoms with Crippen molar-refractivity contribution < 1.29 is 8.78 Å². The molecule has 13 heavy (non-hydrogen) atoms. The van der Waals surface area contributed by atoms with E-state index in [4.69, 9.17) is 11.6 Å². The molecule has 0 fully saturated rings. The Bertz CT molecular complexity index is 297. The van der Waals surface area contributed by atoms with Crippen LogP contribution in [-0.4, -0.2) is 5.38 Å². The maximum Gasteiger partial charge on any atom is 0.129 e. The third kappa shape index (κ3) is 2.41. The van der Waals surface area contributed by atoms with Gasteiger partial charge in [-0.05, 0) is 18.6 Å². The van der Waals surface area contributed by atoms with E-state index >= 15 is 0 Å². The van der Waals surface area contributed by atoms with Gasteiger partial charge >= 0.3 is 0 Å². The van der Waals surface area contributed by atoms with Crippen LogP contribution in [0.25, 0.3) is 0 Å². The molecule has 2 atom stereocenters. The van der Waals surface area contributed by atoms with Crippen LogP contribution in [0.3, 0.4) is 0 Å². The van der Waals surface area contributed by atoms with Crippen molar-refractivity contribution in [1.29, 1.82) is 0 Å². The smallest absolute Gasteiger partial charge is 0.129 e. The molecule has 72 valence electrons. The van der Waals surface area contributed by atoms with E-state index in [1.54, 1.807) is 6.92 Å². The van der Waals surface area contributed by atoms with Gasteiger partial charge in [0.2, 0.25) is 0 Å². The average Bonchev–Trinajstić information content (AvgIpc) is 2.03. The molecule has 0 spiro atoms. The van der Waals surface area contributed by atoms with E-state index in [2.05, 4.69) is 0 Å². The normalized spacial score (nSPS) is 15.5. The van der Waals surface area contributed by atoms with E-state index in [-0.39, 0.29) is 11.3 Å². The van der Waals surface area contributed by atoms with Crippen molar-refractivity contribution in [1.82, 2.24) is 0 Å². The fraction of sp³-hybridized carbons (Fsp3) is 0.400. The van der Waals surface area contributed by atoms with Gasteiger partial charge in [0.05, 0.1) is 0 Å². The molecule has 0 N–H and O–H groups in total. The number of halogens is 3. The van der Waals surface area contributed by atoms with Gasteiger partial charge in [-0.1, -0.05) is 13.0 Å². The minimum atomic E-state index is -0.560. The second-order valence-corrected chi connectivity index (χ2v) is 3.82. The third-order valence-corrected chi connectivity index (χ3v) is 2.52. The summed E-state index contributed by atoms with van der Waals surface area (Å²) in [4.78, 5) is 0. The van der Waals surface area contributed by atoms with Crippen LogP contribution in [0, 0.1) is 11.6 Å². The van der Waals surface area contributed by atoms with Gasteiger partial charge in [-0.25, -0.2) is 8.78 Å². The zero-order chi connectivity index (χ0) is 10.0. The molecule has 2 unspecified atom stereocenters. The van der Waals surface area contributed by atoms with Crippen molar-refractivity contribution in [3.05, 3.63) is 35.4 Å². The van der Waals surface area contributed by atoms with Crippen LogP contribution < -0.4 is 0 Å². The Labute approximate surface area is 81.5 Å². The molecule has 0 aliphatic carbocycles. The van der Waals surface area contributed by atoms with Gasteiger partial charge in [-0.15, -0.1) is 11.6 Å². The Morgan fingerprint density at radius 3 is 2.31 bits per heavy atom. The quantitative estimate of drug-likeness (QED) is 0.645. The minimum Gasteiger partial charge on any atom is -0.207 e. The fourth-order valence-electron chi connectivity index (χ4n) is 1.12. The first-order valence-corrected chi connectivity index (χ1v) is 4.55. The second-order valence-electron chi connectivity index (χ2n) is 3.13. The maximum atomic E-state index is 13.2. The highest BCUT2D eigenvalue weighted by atomic mass is 35.5. The molecule has 0 radical (unpaired) electrons. The monoisotopic (exact) mass is 204 g/mol. The molecule has 0 aliphatic heterocycles. The maximum absolute atomic E-state index is 13.2. The van der Waals surface area contributed by atoms with Crippen LogP contribution in [0.5, 0.6) is 0 Å². The minimum absolute atomic E-state index is 0.109. The van der Waals surface area contributed by atoms with Gasteiger partial charge in [0.1, 0.15) is 11.6 Å². The highest BCUT2D eigenvalue weighted by Gasteiger charge is 2.15. The zero-order valence-corrected chi connectivity index (χ0v) is 8.28. The van der Waals surface area contributed by atoms with Crippen LogP contribution >= 0.6 is 11.6 Å². The SMILES string of the molecule is CC(Cl)C(C)c1ccc(F)cc1F. The topological polar surface area (TPSA) is 0 Å². The Kier molecular flexibility index (Phi) is 3.26. The molecule has 0 amide bonds. The van der Waals surface area contributed by atoms with Crippen molar-refractivity contribution in [2.45, 2.75) is 25.1 Å². The van der Waals surface area contributed by atoms with Gasteiger partial charge < -0.3 is 0 Å². The van der Waals surface area contributed by atoms with E-state index in [1.807, 2.05) is 6.92 Å². The van der Waals surface area contributed by atoms with E-state index in [0.717, 1.165) is 6.07 Å². The first-order valence-electron chi connectivity index (χ1n) is 4.11. The van der Waals surface area contributed by atoms with Crippen LogP contribution in [0.15, 0.2) is 18.2 Å². The molecule has 0 aromatic heterocycles. The second kappa shape index (κ2) is 4.05. The first-order chi connectivity index (χ1) is 6.02. The van der Waals surface area contributed by atoms with Crippen LogP contribution in [0.2, 0.25) is 0 Å². The zero-order valence-electron chi connectivity index (χ0n) is 7.52. The number of benzene rings is 1. The lowest BCUT2D eigenvalue weighted by molar-refractivity contribution is 0.557. The molecule has 1 aromatic rings. The number of hydrogen-bond donors (Lipinski definition) is 0. The van der Waals surface area contributed by atoms with Crippen LogP contribution in [-0.2, 0) is 0 Å². The molecule has 0 aliphatic rings. The molecule has 0 bridgehead atoms. The molecule has 0 nitrogen and oxygen atoms in total. The summed E-state index contributed by atoms with van der Waals surface area (Å²) in [6, 6.07) is 3.56. The summed E-state index contributed by atoms with van der Waals surface area (Å²) in [6.45, 7) is 3.60. The van der Waals surface area contributed by atoms with E-state index in [1.165, 1.54) is 12.1 Å². The van der Waals surface area contributed by atoms with Crippen LogP contribution in [0.1, 0.15) is 25.3 Å². The number of alkyl halides is 1. The summed E-state index contributed by atoms with van der Waals surface area (Å²) in [5.41, 5.74) is 0.462. The Balaban J connectivity index is 3.01. The molecular formula is C10H11ClF2. The van der Waals surface area contributed by atoms with Crippen molar-refractivity contribution in [2.24, 2.45) is 0 Å². The largest absolute Gasteiger partial charge is 0.207 e. The summed E-state index contributed by atoms with van der Waals surface area (Å²) < 4.78 is 25.7. The summed E-state index contributed by atoms with van der Waals surface area (Å²) >= 11 is 5.81. The van der Waals surface area contributed by atoms with Crippen molar-refractivity contribution in [2.75, 3.05) is 0 Å². The average molecular weight is 205 g/mol. The molecule has 0 saturated heterocycles. The molecule has 0 saturated carbocycles. The van der Waals surface area contributed by atoms with Gasteiger partial charge in [0.25, 0.3) is 0 Å². The molecule has 0 heterocycles. The predicted molar refractivity (Wildman–Crippen MR) is 50.1 cm³/mol. The van der Waals surface area contributed by atoms with Crippen LogP contribution in [0.4, 0.5) is 8.78 Å². The lowest BCUT2D eigenvalue weighted by Crippen LogP contribution is -2.07. The standard InChI is InChI=1S/C10H11ClF2/c1-6(7(2)11)9-4-3-8(12)5-10(9)13/h3-7H,1-2H3. The Hall–Kier alpha value is -0.630. The fourth-order valence-corrected chi connectivity index (χ4v) is 1.25. The Morgan fingerprint density at radius 1 is 1.23 bits per heavy atom. The summed E-state index contributed by atoms with van der Waals surface area (Å²) in [5, 5.41) is -0.167. The van der Waals surface area contributed by atoms with E-state index in [0.29, 0.717) is 5.56 Å². The molecule has 1 aromatic carbocycles. The summed E-state index contributed by atoms with van der Waals surface area (Å²) in [5.74, 6) is -1.20. The van der Waals surface area contributed by atoms with E-state index < -0.39 is 11.6 Å². The first kappa shape index (κ1) is 10.5. The highest BCUT2D eigenvalue weighted by Crippen LogP contribution is 2.25. The van der Waals surface area contributed by atoms with Gasteiger partial charge in [0.15, 0.2) is 0 Å². The lowest BCUT2D eigenvalue weighted by Gasteiger charge is -2.14. The number of hydrogen-bond acceptors (Lipinski definition) is 0. The molecular weight excluding hydrogens is 194 g/mol. The summed E-state index contributed by atoms with van der Waals surface area (Å²) in [7, 11) is 0. The lowest BCUT2D eigenvalue weighted by atomic mass is 9.98. The van der Waals surface area contributed by atoms with Gasteiger partial charge in [0, 0.05) is 17.4 Å². The number of rotatable bonds is 2. The van der Waals surface area contributed by atoms with Gasteiger partial charge in [-0.2, -0.15) is 0 Å². The third-order valence-electron chi connectivity index (χ3n) is 2.14. The van der Waals surface area contributed by atoms with Gasteiger partial charge in [-0.3, -0.25) is 0 Å². The summed E-state index contributed by atoms with van der Waals surface area (Å²) in [6.07, 6.45) is 0. The van der Waals surface area contributed by atoms with Crippen molar-refractivity contribution in [3.8, 4) is 0 Å². The Morgan fingerprint density at radius 2 is 1.85 bits per heavy atom.